The number of hydrogen-bond acceptors (Lipinski definition) is 6. The zero-order valence-corrected chi connectivity index (χ0v) is 15.8. The lowest BCUT2D eigenvalue weighted by atomic mass is 10.1. The van der Waals surface area contributed by atoms with Crippen LogP contribution < -0.4 is 11.1 Å². The second-order valence-electron chi connectivity index (χ2n) is 6.92. The second-order valence-corrected chi connectivity index (χ2v) is 6.92. The van der Waals surface area contributed by atoms with Crippen molar-refractivity contribution in [3.63, 3.8) is 0 Å². The van der Waals surface area contributed by atoms with Gasteiger partial charge in [-0.3, -0.25) is 4.79 Å². The third-order valence-electron chi connectivity index (χ3n) is 4.38. The van der Waals surface area contributed by atoms with E-state index in [1.54, 1.807) is 0 Å². The van der Waals surface area contributed by atoms with E-state index in [2.05, 4.69) is 20.3 Å². The standard InChI is InChI=1S/C17H17F5N6O3/c18-16(19)8-27(14(29)12-13(23)26-31-25-12)5-6-28(9-16)15(30)24-11-3-1-10(2-4-11)7-17(20,21)22/h1-4H,5-9H2,(H2,23,26)(H,24,30). The molecule has 2 heterocycles. The first-order valence-electron chi connectivity index (χ1n) is 8.90. The van der Waals surface area contributed by atoms with Gasteiger partial charge >= 0.3 is 12.2 Å². The van der Waals surface area contributed by atoms with Gasteiger partial charge < -0.3 is 20.9 Å². The lowest BCUT2D eigenvalue weighted by Gasteiger charge is -2.24. The molecule has 1 saturated heterocycles. The van der Waals surface area contributed by atoms with Gasteiger partial charge in [0, 0.05) is 18.8 Å². The molecule has 0 spiro atoms. The zero-order valence-electron chi connectivity index (χ0n) is 15.8. The van der Waals surface area contributed by atoms with Gasteiger partial charge in [0.05, 0.1) is 19.5 Å². The highest BCUT2D eigenvalue weighted by Crippen LogP contribution is 2.24. The number of benzene rings is 1. The van der Waals surface area contributed by atoms with Crippen LogP contribution in [0.25, 0.3) is 0 Å². The Kier molecular flexibility index (Phi) is 5.99. The van der Waals surface area contributed by atoms with Gasteiger partial charge in [-0.25, -0.2) is 18.2 Å². The topological polar surface area (TPSA) is 118 Å². The van der Waals surface area contributed by atoms with Gasteiger partial charge in [-0.05, 0) is 28.0 Å². The maximum atomic E-state index is 14.4. The molecule has 2 aromatic rings. The smallest absolute Gasteiger partial charge is 0.379 e. The van der Waals surface area contributed by atoms with Gasteiger partial charge in [-0.2, -0.15) is 13.2 Å². The number of amides is 3. The molecule has 0 atom stereocenters. The van der Waals surface area contributed by atoms with E-state index < -0.39 is 49.2 Å². The second kappa shape index (κ2) is 8.35. The molecule has 1 aliphatic heterocycles. The summed E-state index contributed by atoms with van der Waals surface area (Å²) < 4.78 is 70.3. The van der Waals surface area contributed by atoms with Gasteiger partial charge in [0.15, 0.2) is 0 Å². The number of rotatable bonds is 3. The number of alkyl halides is 5. The molecule has 168 valence electrons. The number of carbonyl (C=O) groups is 2. The Labute approximate surface area is 171 Å². The molecule has 9 nitrogen and oxygen atoms in total. The highest BCUT2D eigenvalue weighted by Gasteiger charge is 2.41. The van der Waals surface area contributed by atoms with Crippen molar-refractivity contribution in [1.29, 1.82) is 0 Å². The average molecular weight is 448 g/mol. The predicted octanol–water partition coefficient (Wildman–Crippen LogP) is 2.38. The summed E-state index contributed by atoms with van der Waals surface area (Å²) in [5.74, 6) is -4.70. The van der Waals surface area contributed by atoms with Gasteiger partial charge in [0.2, 0.25) is 11.5 Å². The summed E-state index contributed by atoms with van der Waals surface area (Å²) in [5, 5.41) is 8.89. The van der Waals surface area contributed by atoms with E-state index >= 15 is 0 Å². The number of hydrogen-bond donors (Lipinski definition) is 2. The van der Waals surface area contributed by atoms with Crippen molar-refractivity contribution in [3.8, 4) is 0 Å². The fraction of sp³-hybridized carbons (Fsp3) is 0.412. The van der Waals surface area contributed by atoms with Crippen molar-refractivity contribution in [2.75, 3.05) is 37.2 Å². The van der Waals surface area contributed by atoms with E-state index in [1.807, 2.05) is 0 Å². The maximum Gasteiger partial charge on any atom is 0.393 e. The van der Waals surface area contributed by atoms with Crippen LogP contribution in [0.1, 0.15) is 16.1 Å². The van der Waals surface area contributed by atoms with E-state index in [4.69, 9.17) is 5.73 Å². The van der Waals surface area contributed by atoms with E-state index in [9.17, 15) is 31.5 Å². The number of nitrogens with two attached hydrogens (primary N) is 1. The molecule has 3 N–H and O–H groups in total. The van der Waals surface area contributed by atoms with E-state index in [-0.39, 0.29) is 30.2 Å². The van der Waals surface area contributed by atoms with Crippen molar-refractivity contribution in [3.05, 3.63) is 35.5 Å². The summed E-state index contributed by atoms with van der Waals surface area (Å²) in [4.78, 5) is 26.4. The zero-order chi connectivity index (χ0) is 22.8. The highest BCUT2D eigenvalue weighted by atomic mass is 19.4. The Bertz CT molecular complexity index is 946. The molecule has 0 aliphatic carbocycles. The van der Waals surface area contributed by atoms with Gasteiger partial charge in [-0.15, -0.1) is 0 Å². The van der Waals surface area contributed by atoms with E-state index in [1.165, 1.54) is 24.3 Å². The number of carbonyl (C=O) groups excluding carboxylic acids is 2. The number of nitrogens with one attached hydrogen (secondary N) is 1. The monoisotopic (exact) mass is 448 g/mol. The number of urea groups is 1. The third-order valence-corrected chi connectivity index (χ3v) is 4.38. The number of nitrogen functional groups attached to an aromatic ring is 1. The molecule has 3 rings (SSSR count). The number of halogens is 5. The van der Waals surface area contributed by atoms with Crippen LogP contribution in [-0.4, -0.2) is 70.3 Å². The molecule has 31 heavy (non-hydrogen) atoms. The quantitative estimate of drug-likeness (QED) is 0.697. The Hall–Kier alpha value is -3.45. The van der Waals surface area contributed by atoms with Crippen LogP contribution in [-0.2, 0) is 6.42 Å². The highest BCUT2D eigenvalue weighted by molar-refractivity contribution is 5.96. The van der Waals surface area contributed by atoms with Crippen LogP contribution in [0.2, 0.25) is 0 Å². The average Bonchev–Trinajstić information content (AvgIpc) is 3.01. The van der Waals surface area contributed by atoms with Crippen molar-refractivity contribution < 1.29 is 36.2 Å². The van der Waals surface area contributed by atoms with Crippen molar-refractivity contribution in [1.82, 2.24) is 20.1 Å². The molecular weight excluding hydrogens is 431 g/mol. The Morgan fingerprint density at radius 2 is 1.71 bits per heavy atom. The van der Waals surface area contributed by atoms with Crippen LogP contribution in [0.3, 0.4) is 0 Å². The Morgan fingerprint density at radius 1 is 1.10 bits per heavy atom. The van der Waals surface area contributed by atoms with E-state index in [0.29, 0.717) is 0 Å². The van der Waals surface area contributed by atoms with Crippen LogP contribution in [0, 0.1) is 0 Å². The molecule has 0 bridgehead atoms. The summed E-state index contributed by atoms with van der Waals surface area (Å²) >= 11 is 0. The Morgan fingerprint density at radius 3 is 2.29 bits per heavy atom. The SMILES string of the molecule is Nc1nonc1C(=O)N1CCN(C(=O)Nc2ccc(CC(F)(F)F)cc2)CC(F)(F)C1. The molecule has 3 amide bonds. The first-order chi connectivity index (χ1) is 14.4. The van der Waals surface area contributed by atoms with E-state index in [0.717, 1.165) is 9.80 Å². The van der Waals surface area contributed by atoms with Crippen LogP contribution >= 0.6 is 0 Å². The molecule has 14 heteroatoms. The minimum absolute atomic E-state index is 0.0115. The fourth-order valence-corrected chi connectivity index (χ4v) is 2.99. The first kappa shape index (κ1) is 22.2. The molecule has 1 aromatic carbocycles. The fourth-order valence-electron chi connectivity index (χ4n) is 2.99. The lowest BCUT2D eigenvalue weighted by molar-refractivity contribution is -0.127. The Balaban J connectivity index is 1.65. The van der Waals surface area contributed by atoms with Gasteiger partial charge in [0.1, 0.15) is 0 Å². The minimum atomic E-state index is -4.38. The summed E-state index contributed by atoms with van der Waals surface area (Å²) in [5.41, 5.74) is 5.14. The third kappa shape index (κ3) is 5.79. The van der Waals surface area contributed by atoms with Gasteiger partial charge in [-0.1, -0.05) is 12.1 Å². The predicted molar refractivity (Wildman–Crippen MR) is 96.4 cm³/mol. The minimum Gasteiger partial charge on any atom is -0.379 e. The summed E-state index contributed by atoms with van der Waals surface area (Å²) in [7, 11) is 0. The normalized spacial score (nSPS) is 16.7. The summed E-state index contributed by atoms with van der Waals surface area (Å²) in [6, 6.07) is 3.95. The van der Waals surface area contributed by atoms with Crippen LogP contribution in [0.5, 0.6) is 0 Å². The molecule has 1 aliphatic rings. The molecule has 0 saturated carbocycles. The number of aromatic nitrogens is 2. The lowest BCUT2D eigenvalue weighted by Crippen LogP contribution is -2.44. The first-order valence-corrected chi connectivity index (χ1v) is 8.90. The van der Waals surface area contributed by atoms with Gasteiger partial charge in [0.25, 0.3) is 11.8 Å². The van der Waals surface area contributed by atoms with Crippen molar-refractivity contribution in [2.45, 2.75) is 18.5 Å². The summed E-state index contributed by atoms with van der Waals surface area (Å²) in [6.07, 6.45) is -5.51. The number of anilines is 2. The maximum absolute atomic E-state index is 14.4. The molecular formula is C17H17F5N6O3. The molecule has 1 aromatic heterocycles. The van der Waals surface area contributed by atoms with Crippen LogP contribution in [0.4, 0.5) is 38.3 Å². The molecule has 1 fully saturated rings. The van der Waals surface area contributed by atoms with Crippen molar-refractivity contribution >= 4 is 23.4 Å². The largest absolute Gasteiger partial charge is 0.393 e. The van der Waals surface area contributed by atoms with Crippen molar-refractivity contribution in [2.24, 2.45) is 0 Å². The summed E-state index contributed by atoms with van der Waals surface area (Å²) in [6.45, 7) is -2.42. The van der Waals surface area contributed by atoms with Crippen LogP contribution in [0.15, 0.2) is 28.9 Å². The molecule has 0 unspecified atom stereocenters. The number of nitrogens with zero attached hydrogens (tertiary/aromatic N) is 4. The molecule has 0 radical (unpaired) electrons.